The molecule has 0 radical (unpaired) electrons. The average molecular weight is 277 g/mol. The van der Waals surface area contributed by atoms with Gasteiger partial charge in [0.1, 0.15) is 0 Å². The van der Waals surface area contributed by atoms with Gasteiger partial charge in [0.25, 0.3) is 0 Å². The molecule has 6 heteroatoms. The zero-order chi connectivity index (χ0) is 10.7. The Bertz CT molecular complexity index is 334. The highest BCUT2D eigenvalue weighted by Gasteiger charge is 2.12. The first-order valence-electron chi connectivity index (χ1n) is 4.18. The van der Waals surface area contributed by atoms with Gasteiger partial charge >= 0.3 is 0 Å². The molecule has 14 heavy (non-hydrogen) atoms. The number of halogens is 1. The van der Waals surface area contributed by atoms with Crippen LogP contribution in [0.4, 0.5) is 5.95 Å². The highest BCUT2D eigenvalue weighted by Crippen LogP contribution is 2.24. The fraction of sp³-hybridized carbons (Fsp3) is 0.500. The third kappa shape index (κ3) is 2.75. The van der Waals surface area contributed by atoms with Crippen LogP contribution in [0.3, 0.4) is 0 Å². The number of anilines is 1. The van der Waals surface area contributed by atoms with Crippen molar-refractivity contribution in [1.29, 1.82) is 0 Å². The summed E-state index contributed by atoms with van der Waals surface area (Å²) in [6.07, 6.45) is 0. The molecular weight excluding hydrogens is 264 g/mol. The summed E-state index contributed by atoms with van der Waals surface area (Å²) < 4.78 is 2.83. The van der Waals surface area contributed by atoms with E-state index in [2.05, 4.69) is 32.7 Å². The van der Waals surface area contributed by atoms with E-state index >= 15 is 0 Å². The van der Waals surface area contributed by atoms with Gasteiger partial charge in [0.2, 0.25) is 5.95 Å². The molecule has 1 heterocycles. The van der Waals surface area contributed by atoms with Crippen LogP contribution in [0.15, 0.2) is 16.2 Å². The molecule has 0 atom stereocenters. The van der Waals surface area contributed by atoms with E-state index in [1.54, 1.807) is 11.8 Å². The Labute approximate surface area is 96.1 Å². The highest BCUT2D eigenvalue weighted by molar-refractivity contribution is 9.11. The van der Waals surface area contributed by atoms with Crippen molar-refractivity contribution in [1.82, 2.24) is 14.8 Å². The van der Waals surface area contributed by atoms with E-state index in [0.29, 0.717) is 5.95 Å². The zero-order valence-electron chi connectivity index (χ0n) is 8.20. The van der Waals surface area contributed by atoms with Gasteiger partial charge in [-0.3, -0.25) is 4.57 Å². The number of rotatable bonds is 4. The van der Waals surface area contributed by atoms with Crippen molar-refractivity contribution in [2.45, 2.75) is 25.0 Å². The maximum atomic E-state index is 5.69. The minimum atomic E-state index is 0.274. The molecule has 0 saturated heterocycles. The molecule has 1 rings (SSSR count). The van der Waals surface area contributed by atoms with Crippen molar-refractivity contribution in [3.05, 3.63) is 11.1 Å². The van der Waals surface area contributed by atoms with Gasteiger partial charge < -0.3 is 5.73 Å². The number of nitrogens with two attached hydrogens (primary N) is 1. The Balaban J connectivity index is 2.81. The minimum absolute atomic E-state index is 0.274. The van der Waals surface area contributed by atoms with Crippen LogP contribution in [0.5, 0.6) is 0 Å². The Morgan fingerprint density at radius 1 is 1.64 bits per heavy atom. The summed E-state index contributed by atoms with van der Waals surface area (Å²) in [4.78, 5) is 0. The van der Waals surface area contributed by atoms with Gasteiger partial charge in [-0.1, -0.05) is 34.3 Å². The maximum Gasteiger partial charge on any atom is 0.222 e. The third-order valence-corrected chi connectivity index (χ3v) is 3.25. The number of nitrogen functional groups attached to an aromatic ring is 1. The Hall–Kier alpha value is -0.490. The Morgan fingerprint density at radius 2 is 2.29 bits per heavy atom. The third-order valence-electron chi connectivity index (χ3n) is 1.57. The molecule has 0 saturated carbocycles. The van der Waals surface area contributed by atoms with E-state index in [9.17, 15) is 0 Å². The highest BCUT2D eigenvalue weighted by atomic mass is 79.9. The number of aromatic nitrogens is 3. The van der Waals surface area contributed by atoms with Gasteiger partial charge in [-0.15, -0.1) is 10.2 Å². The summed E-state index contributed by atoms with van der Waals surface area (Å²) in [6, 6.07) is 0.274. The van der Waals surface area contributed by atoms with Crippen LogP contribution in [0.2, 0.25) is 0 Å². The van der Waals surface area contributed by atoms with Crippen molar-refractivity contribution >= 4 is 33.6 Å². The van der Waals surface area contributed by atoms with E-state index in [1.807, 2.05) is 18.4 Å². The lowest BCUT2D eigenvalue weighted by molar-refractivity contribution is 0.557. The van der Waals surface area contributed by atoms with E-state index in [0.717, 1.165) is 15.4 Å². The quantitative estimate of drug-likeness (QED) is 0.859. The zero-order valence-corrected chi connectivity index (χ0v) is 10.6. The van der Waals surface area contributed by atoms with Crippen LogP contribution in [-0.4, -0.2) is 20.5 Å². The van der Waals surface area contributed by atoms with Crippen molar-refractivity contribution in [3.63, 3.8) is 0 Å². The molecule has 0 unspecified atom stereocenters. The fourth-order valence-corrected chi connectivity index (χ4v) is 2.19. The second-order valence-electron chi connectivity index (χ2n) is 3.11. The normalized spacial score (nSPS) is 10.9. The summed E-state index contributed by atoms with van der Waals surface area (Å²) in [5, 5.41) is 8.67. The predicted molar refractivity (Wildman–Crippen MR) is 63.6 cm³/mol. The molecule has 78 valence electrons. The smallest absolute Gasteiger partial charge is 0.222 e. The topological polar surface area (TPSA) is 56.7 Å². The van der Waals surface area contributed by atoms with Gasteiger partial charge in [-0.05, 0) is 18.3 Å². The van der Waals surface area contributed by atoms with E-state index in [1.165, 1.54) is 0 Å². The van der Waals surface area contributed by atoms with E-state index in [-0.39, 0.29) is 6.04 Å². The van der Waals surface area contributed by atoms with Gasteiger partial charge in [0.15, 0.2) is 5.16 Å². The van der Waals surface area contributed by atoms with Crippen LogP contribution < -0.4 is 5.73 Å². The van der Waals surface area contributed by atoms with Crippen LogP contribution in [-0.2, 0) is 0 Å². The molecule has 0 spiro atoms. The van der Waals surface area contributed by atoms with E-state index < -0.39 is 0 Å². The summed E-state index contributed by atoms with van der Waals surface area (Å²) in [5.74, 6) is 1.23. The summed E-state index contributed by atoms with van der Waals surface area (Å²) >= 11 is 4.86. The molecule has 1 aromatic rings. The monoisotopic (exact) mass is 276 g/mol. The molecule has 0 aliphatic carbocycles. The summed E-state index contributed by atoms with van der Waals surface area (Å²) in [5.41, 5.74) is 5.69. The fourth-order valence-electron chi connectivity index (χ4n) is 1.02. The molecule has 0 aromatic carbocycles. The van der Waals surface area contributed by atoms with Crippen LogP contribution >= 0.6 is 27.7 Å². The maximum absolute atomic E-state index is 5.69. The molecule has 2 N–H and O–H groups in total. The van der Waals surface area contributed by atoms with Crippen LogP contribution in [0, 0.1) is 0 Å². The van der Waals surface area contributed by atoms with Gasteiger partial charge in [0, 0.05) is 11.8 Å². The first-order valence-corrected chi connectivity index (χ1v) is 5.96. The lowest BCUT2D eigenvalue weighted by Crippen LogP contribution is -2.07. The van der Waals surface area contributed by atoms with Gasteiger partial charge in [-0.25, -0.2) is 0 Å². The molecule has 0 bridgehead atoms. The van der Waals surface area contributed by atoms with E-state index in [4.69, 9.17) is 5.73 Å². The largest absolute Gasteiger partial charge is 0.368 e. The molecule has 1 aromatic heterocycles. The Kier molecular flexibility index (Phi) is 4.00. The molecule has 0 aliphatic rings. The molecule has 0 aliphatic heterocycles. The van der Waals surface area contributed by atoms with Crippen LogP contribution in [0.25, 0.3) is 0 Å². The first-order chi connectivity index (χ1) is 6.52. The minimum Gasteiger partial charge on any atom is -0.368 e. The lowest BCUT2D eigenvalue weighted by atomic mass is 10.4. The van der Waals surface area contributed by atoms with Crippen molar-refractivity contribution in [2.24, 2.45) is 0 Å². The molecule has 0 fully saturated rings. The van der Waals surface area contributed by atoms with Gasteiger partial charge in [-0.2, -0.15) is 0 Å². The SMILES string of the molecule is C=C(Br)CSc1nnc(N)n1C(C)C. The second kappa shape index (κ2) is 4.84. The summed E-state index contributed by atoms with van der Waals surface area (Å²) in [6.45, 7) is 7.86. The lowest BCUT2D eigenvalue weighted by Gasteiger charge is -2.10. The molecule has 4 nitrogen and oxygen atoms in total. The number of hydrogen-bond donors (Lipinski definition) is 1. The van der Waals surface area contributed by atoms with Crippen LogP contribution in [0.1, 0.15) is 19.9 Å². The first kappa shape index (κ1) is 11.6. The van der Waals surface area contributed by atoms with Gasteiger partial charge in [0.05, 0.1) is 0 Å². The van der Waals surface area contributed by atoms with Crippen molar-refractivity contribution < 1.29 is 0 Å². The molecular formula is C8H13BrN4S. The predicted octanol–water partition coefficient (Wildman–Crippen LogP) is 2.44. The number of nitrogens with zero attached hydrogens (tertiary/aromatic N) is 3. The molecule has 0 amide bonds. The second-order valence-corrected chi connectivity index (χ2v) is 5.17. The average Bonchev–Trinajstić information content (AvgIpc) is 2.43. The Morgan fingerprint density at radius 3 is 2.79 bits per heavy atom. The standard InChI is InChI=1S/C8H13BrN4S/c1-5(2)13-7(10)11-12-8(13)14-4-6(3)9/h5H,3-4H2,1-2H3,(H2,10,11). The number of thioether (sulfide) groups is 1. The summed E-state index contributed by atoms with van der Waals surface area (Å²) in [7, 11) is 0. The van der Waals surface area contributed by atoms with Crippen molar-refractivity contribution in [2.75, 3.05) is 11.5 Å². The number of hydrogen-bond acceptors (Lipinski definition) is 4. The van der Waals surface area contributed by atoms with Crippen molar-refractivity contribution in [3.8, 4) is 0 Å².